The number of hydrogen-bond acceptors (Lipinski definition) is 4. The highest BCUT2D eigenvalue weighted by atomic mass is 16.5. The second kappa shape index (κ2) is 10.6. The van der Waals surface area contributed by atoms with Gasteiger partial charge in [0.05, 0.1) is 12.3 Å². The number of guanidine groups is 1. The minimum Gasteiger partial charge on any atom is -0.493 e. The van der Waals surface area contributed by atoms with E-state index in [0.29, 0.717) is 25.6 Å². The van der Waals surface area contributed by atoms with Crippen LogP contribution in [0.3, 0.4) is 0 Å². The molecule has 0 unspecified atom stereocenters. The third-order valence-electron chi connectivity index (χ3n) is 4.25. The molecule has 1 aromatic heterocycles. The molecule has 0 spiro atoms. The zero-order chi connectivity index (χ0) is 19.6. The quantitative estimate of drug-likeness (QED) is 0.519. The van der Waals surface area contributed by atoms with Crippen molar-refractivity contribution in [2.24, 2.45) is 10.9 Å². The maximum atomic E-state index is 5.92. The lowest BCUT2D eigenvalue weighted by Gasteiger charge is -2.16. The summed E-state index contributed by atoms with van der Waals surface area (Å²) in [5.74, 6) is 3.07. The molecular formula is C21H32N4O2. The molecule has 0 amide bonds. The maximum absolute atomic E-state index is 5.92. The monoisotopic (exact) mass is 372 g/mol. The summed E-state index contributed by atoms with van der Waals surface area (Å²) in [5.41, 5.74) is 3.24. The van der Waals surface area contributed by atoms with Gasteiger partial charge in [-0.15, -0.1) is 0 Å². The molecule has 6 nitrogen and oxygen atoms in total. The van der Waals surface area contributed by atoms with Crippen molar-refractivity contribution < 1.29 is 9.26 Å². The molecule has 2 N–H and O–H groups in total. The number of rotatable bonds is 9. The number of aliphatic imine (C=N–C) groups is 1. The fourth-order valence-electron chi connectivity index (χ4n) is 2.76. The predicted octanol–water partition coefficient (Wildman–Crippen LogP) is 3.70. The van der Waals surface area contributed by atoms with Crippen molar-refractivity contribution in [2.45, 2.75) is 53.6 Å². The first-order valence-corrected chi connectivity index (χ1v) is 9.70. The van der Waals surface area contributed by atoms with Crippen LogP contribution in [-0.4, -0.2) is 24.8 Å². The molecule has 0 radical (unpaired) electrons. The molecule has 0 saturated heterocycles. The third kappa shape index (κ3) is 6.01. The second-order valence-electron chi connectivity index (χ2n) is 6.83. The van der Waals surface area contributed by atoms with Gasteiger partial charge in [-0.3, -0.25) is 4.99 Å². The molecule has 2 rings (SSSR count). The molecule has 0 bridgehead atoms. The normalized spacial score (nSPS) is 11.7. The summed E-state index contributed by atoms with van der Waals surface area (Å²) in [7, 11) is 1.77. The van der Waals surface area contributed by atoms with Crippen LogP contribution in [0.1, 0.15) is 50.3 Å². The van der Waals surface area contributed by atoms with Gasteiger partial charge in [-0.1, -0.05) is 51.1 Å². The lowest BCUT2D eigenvalue weighted by molar-refractivity contribution is 0.268. The van der Waals surface area contributed by atoms with Crippen LogP contribution >= 0.6 is 0 Å². The Morgan fingerprint density at radius 2 is 1.89 bits per heavy atom. The van der Waals surface area contributed by atoms with Gasteiger partial charge in [0.1, 0.15) is 11.5 Å². The first-order chi connectivity index (χ1) is 13.1. The van der Waals surface area contributed by atoms with Crippen molar-refractivity contribution in [1.29, 1.82) is 0 Å². The van der Waals surface area contributed by atoms with Crippen LogP contribution in [0.5, 0.6) is 5.75 Å². The highest BCUT2D eigenvalue weighted by Crippen LogP contribution is 2.19. The van der Waals surface area contributed by atoms with Crippen molar-refractivity contribution in [3.63, 3.8) is 0 Å². The van der Waals surface area contributed by atoms with E-state index in [1.54, 1.807) is 7.05 Å². The number of para-hydroxylation sites is 1. The second-order valence-corrected chi connectivity index (χ2v) is 6.83. The minimum absolute atomic E-state index is 0.490. The van der Waals surface area contributed by atoms with Crippen molar-refractivity contribution in [2.75, 3.05) is 13.7 Å². The zero-order valence-corrected chi connectivity index (χ0v) is 17.1. The molecule has 0 aliphatic heterocycles. The molecule has 0 aliphatic rings. The predicted molar refractivity (Wildman–Crippen MR) is 109 cm³/mol. The van der Waals surface area contributed by atoms with Crippen LogP contribution in [0.2, 0.25) is 0 Å². The topological polar surface area (TPSA) is 71.7 Å². The molecule has 0 saturated carbocycles. The van der Waals surface area contributed by atoms with Crippen LogP contribution in [0.25, 0.3) is 0 Å². The van der Waals surface area contributed by atoms with Crippen LogP contribution < -0.4 is 15.4 Å². The van der Waals surface area contributed by atoms with Gasteiger partial charge in [-0.25, -0.2) is 0 Å². The van der Waals surface area contributed by atoms with Gasteiger partial charge in [-0.05, 0) is 18.4 Å². The summed E-state index contributed by atoms with van der Waals surface area (Å²) in [6, 6.07) is 8.10. The molecule has 1 aromatic carbocycles. The number of ether oxygens (including phenoxy) is 1. The van der Waals surface area contributed by atoms with Gasteiger partial charge >= 0.3 is 0 Å². The fourth-order valence-corrected chi connectivity index (χ4v) is 2.76. The molecule has 27 heavy (non-hydrogen) atoms. The lowest BCUT2D eigenvalue weighted by Crippen LogP contribution is -2.36. The molecule has 6 heteroatoms. The Bertz CT molecular complexity index is 716. The molecule has 148 valence electrons. The van der Waals surface area contributed by atoms with E-state index in [1.165, 1.54) is 0 Å². The number of aromatic nitrogens is 1. The lowest BCUT2D eigenvalue weighted by atomic mass is 10.1. The molecule has 1 heterocycles. The highest BCUT2D eigenvalue weighted by molar-refractivity contribution is 5.79. The number of nitrogens with zero attached hydrogens (tertiary/aromatic N) is 2. The van der Waals surface area contributed by atoms with Crippen LogP contribution in [0.4, 0.5) is 0 Å². The fraction of sp³-hybridized carbons (Fsp3) is 0.524. The van der Waals surface area contributed by atoms with Crippen molar-refractivity contribution in [3.8, 4) is 5.75 Å². The number of hydrogen-bond donors (Lipinski definition) is 2. The van der Waals surface area contributed by atoms with Crippen molar-refractivity contribution in [3.05, 3.63) is 46.8 Å². The summed E-state index contributed by atoms with van der Waals surface area (Å²) >= 11 is 0. The summed E-state index contributed by atoms with van der Waals surface area (Å²) < 4.78 is 11.3. The SMILES string of the molecule is CCc1noc(CC)c1CNC(=NC)NCc1ccccc1OCC(C)C. The van der Waals surface area contributed by atoms with Crippen LogP contribution in [0, 0.1) is 5.92 Å². The first kappa shape index (κ1) is 20.8. The van der Waals surface area contributed by atoms with Gasteiger partial charge in [0.25, 0.3) is 0 Å². The largest absolute Gasteiger partial charge is 0.493 e. The highest BCUT2D eigenvalue weighted by Gasteiger charge is 2.14. The van der Waals surface area contributed by atoms with E-state index in [0.717, 1.165) is 47.1 Å². The standard InChI is InChI=1S/C21H32N4O2/c1-6-18-17(19(7-2)27-25-18)13-24-21(22-5)23-12-16-10-8-9-11-20(16)26-14-15(3)4/h8-11,15H,6-7,12-14H2,1-5H3,(H2,22,23,24). The van der Waals surface area contributed by atoms with E-state index in [9.17, 15) is 0 Å². The van der Waals surface area contributed by atoms with Gasteiger partial charge < -0.3 is 19.9 Å². The maximum Gasteiger partial charge on any atom is 0.191 e. The van der Waals surface area contributed by atoms with Gasteiger partial charge in [0.2, 0.25) is 0 Å². The van der Waals surface area contributed by atoms with Gasteiger partial charge in [0.15, 0.2) is 5.96 Å². The van der Waals surface area contributed by atoms with Crippen LogP contribution in [-0.2, 0) is 25.9 Å². The Labute approximate surface area is 162 Å². The number of benzene rings is 1. The average Bonchev–Trinajstić information content (AvgIpc) is 3.09. The molecule has 0 atom stereocenters. The minimum atomic E-state index is 0.490. The van der Waals surface area contributed by atoms with E-state index in [-0.39, 0.29) is 0 Å². The van der Waals surface area contributed by atoms with Crippen molar-refractivity contribution in [1.82, 2.24) is 15.8 Å². The smallest absolute Gasteiger partial charge is 0.191 e. The van der Waals surface area contributed by atoms with Gasteiger partial charge in [0, 0.05) is 37.7 Å². The van der Waals surface area contributed by atoms with E-state index in [1.807, 2.05) is 18.2 Å². The Morgan fingerprint density at radius 3 is 2.56 bits per heavy atom. The van der Waals surface area contributed by atoms with E-state index >= 15 is 0 Å². The summed E-state index contributed by atoms with van der Waals surface area (Å²) in [5, 5.41) is 10.9. The van der Waals surface area contributed by atoms with Crippen LogP contribution in [0.15, 0.2) is 33.8 Å². The Morgan fingerprint density at radius 1 is 1.15 bits per heavy atom. The number of nitrogens with one attached hydrogen (secondary N) is 2. The molecule has 2 aromatic rings. The average molecular weight is 373 g/mol. The van der Waals surface area contributed by atoms with Crippen molar-refractivity contribution >= 4 is 5.96 Å². The first-order valence-electron chi connectivity index (χ1n) is 9.70. The van der Waals surface area contributed by atoms with E-state index < -0.39 is 0 Å². The molecular weight excluding hydrogens is 340 g/mol. The van der Waals surface area contributed by atoms with E-state index in [2.05, 4.69) is 54.5 Å². The van der Waals surface area contributed by atoms with E-state index in [4.69, 9.17) is 9.26 Å². The zero-order valence-electron chi connectivity index (χ0n) is 17.1. The molecule has 0 aliphatic carbocycles. The third-order valence-corrected chi connectivity index (χ3v) is 4.25. The Balaban J connectivity index is 1.96. The molecule has 0 fully saturated rings. The Kier molecular flexibility index (Phi) is 8.17. The summed E-state index contributed by atoms with van der Waals surface area (Å²) in [4.78, 5) is 4.32. The number of aryl methyl sites for hydroxylation is 2. The Hall–Kier alpha value is -2.50. The summed E-state index contributed by atoms with van der Waals surface area (Å²) in [6.45, 7) is 10.4. The van der Waals surface area contributed by atoms with Gasteiger partial charge in [-0.2, -0.15) is 0 Å². The summed E-state index contributed by atoms with van der Waals surface area (Å²) in [6.07, 6.45) is 1.68.